The second-order valence-corrected chi connectivity index (χ2v) is 6.00. The summed E-state index contributed by atoms with van der Waals surface area (Å²) in [5.41, 5.74) is 3.43. The minimum Gasteiger partial charge on any atom is -0.493 e. The Morgan fingerprint density at radius 1 is 1.29 bits per heavy atom. The van der Waals surface area contributed by atoms with E-state index < -0.39 is 0 Å². The molecule has 1 atom stereocenters. The second kappa shape index (κ2) is 5.53. The fourth-order valence-corrected chi connectivity index (χ4v) is 2.94. The highest BCUT2D eigenvalue weighted by Crippen LogP contribution is 2.38. The van der Waals surface area contributed by atoms with Crippen LogP contribution in [0.15, 0.2) is 29.3 Å². The van der Waals surface area contributed by atoms with Crippen LogP contribution in [0.1, 0.15) is 25.8 Å². The van der Waals surface area contributed by atoms with Crippen LogP contribution in [0.5, 0.6) is 11.5 Å². The van der Waals surface area contributed by atoms with E-state index in [1.54, 1.807) is 7.11 Å². The zero-order valence-corrected chi connectivity index (χ0v) is 12.9. The molecule has 0 spiro atoms. The molecule has 1 aromatic carbocycles. The lowest BCUT2D eigenvalue weighted by atomic mass is 10.1. The highest BCUT2D eigenvalue weighted by Gasteiger charge is 2.28. The van der Waals surface area contributed by atoms with Crippen molar-refractivity contribution in [1.82, 2.24) is 4.90 Å². The molecule has 1 saturated heterocycles. The molecule has 0 aliphatic carbocycles. The summed E-state index contributed by atoms with van der Waals surface area (Å²) in [6.45, 7) is 9.94. The van der Waals surface area contributed by atoms with Gasteiger partial charge in [-0.15, -0.1) is 0 Å². The third kappa shape index (κ3) is 2.81. The predicted octanol–water partition coefficient (Wildman–Crippen LogP) is 3.33. The van der Waals surface area contributed by atoms with Crippen molar-refractivity contribution in [3.05, 3.63) is 29.8 Å². The quantitative estimate of drug-likeness (QED) is 0.799. The molecule has 3 rings (SSSR count). The average Bonchev–Trinajstić information content (AvgIpc) is 2.69. The van der Waals surface area contributed by atoms with Crippen molar-refractivity contribution in [2.75, 3.05) is 13.7 Å². The highest BCUT2D eigenvalue weighted by atomic mass is 16.5. The maximum Gasteiger partial charge on any atom is 0.163 e. The Labute approximate surface area is 126 Å². The number of hydrogen-bond donors (Lipinski definition) is 0. The average molecular weight is 286 g/mol. The van der Waals surface area contributed by atoms with Crippen molar-refractivity contribution >= 4 is 11.9 Å². The number of fused-ring (bicyclic) bond motifs is 2. The van der Waals surface area contributed by atoms with Crippen LogP contribution in [0, 0.1) is 0 Å². The molecule has 21 heavy (non-hydrogen) atoms. The first-order valence-corrected chi connectivity index (χ1v) is 7.39. The van der Waals surface area contributed by atoms with Gasteiger partial charge in [-0.25, -0.2) is 0 Å². The molecule has 1 fully saturated rings. The maximum absolute atomic E-state index is 5.83. The van der Waals surface area contributed by atoms with Crippen molar-refractivity contribution in [2.45, 2.75) is 39.0 Å². The van der Waals surface area contributed by atoms with Crippen LogP contribution in [0.25, 0.3) is 0 Å². The Morgan fingerprint density at radius 2 is 2.10 bits per heavy atom. The standard InChI is InChI=1S/C17H22N2O2/c1-11(2)21-17-7-15-13(6-16(17)20-4)10-19-9-12(3)5-14(19)8-18-15/h6-8,11,14H,3,5,9-10H2,1-2,4H3. The van der Waals surface area contributed by atoms with Gasteiger partial charge in [0.05, 0.1) is 18.9 Å². The van der Waals surface area contributed by atoms with E-state index in [1.807, 2.05) is 32.2 Å². The van der Waals surface area contributed by atoms with Gasteiger partial charge in [0, 0.05) is 31.4 Å². The van der Waals surface area contributed by atoms with E-state index in [2.05, 4.69) is 16.5 Å². The first-order chi connectivity index (χ1) is 10.1. The van der Waals surface area contributed by atoms with Gasteiger partial charge in [-0.05, 0) is 31.9 Å². The molecule has 2 heterocycles. The Bertz CT molecular complexity index is 593. The van der Waals surface area contributed by atoms with Crippen LogP contribution in [-0.4, -0.2) is 36.9 Å². The van der Waals surface area contributed by atoms with Crippen molar-refractivity contribution < 1.29 is 9.47 Å². The van der Waals surface area contributed by atoms with E-state index in [4.69, 9.17) is 9.47 Å². The zero-order chi connectivity index (χ0) is 15.0. The molecule has 0 saturated carbocycles. The highest BCUT2D eigenvalue weighted by molar-refractivity contribution is 5.73. The molecule has 4 heteroatoms. The summed E-state index contributed by atoms with van der Waals surface area (Å²) < 4.78 is 11.3. The van der Waals surface area contributed by atoms with Crippen molar-refractivity contribution in [2.24, 2.45) is 4.99 Å². The molecule has 2 aliphatic heterocycles. The van der Waals surface area contributed by atoms with Crippen LogP contribution < -0.4 is 9.47 Å². The fourth-order valence-electron chi connectivity index (χ4n) is 2.94. The number of ether oxygens (including phenoxy) is 2. The van der Waals surface area contributed by atoms with Gasteiger partial charge in [0.2, 0.25) is 0 Å². The van der Waals surface area contributed by atoms with Gasteiger partial charge in [0.15, 0.2) is 11.5 Å². The van der Waals surface area contributed by atoms with Crippen molar-refractivity contribution in [3.8, 4) is 11.5 Å². The molecule has 0 amide bonds. The molecule has 4 nitrogen and oxygen atoms in total. The summed E-state index contributed by atoms with van der Waals surface area (Å²) >= 11 is 0. The van der Waals surface area contributed by atoms with E-state index in [9.17, 15) is 0 Å². The fraction of sp³-hybridized carbons (Fsp3) is 0.471. The minimum absolute atomic E-state index is 0.109. The molecule has 0 N–H and O–H groups in total. The Hall–Kier alpha value is -1.81. The maximum atomic E-state index is 5.83. The molecule has 0 aromatic heterocycles. The molecule has 112 valence electrons. The first-order valence-electron chi connectivity index (χ1n) is 7.39. The minimum atomic E-state index is 0.109. The normalized spacial score (nSPS) is 21.1. The number of nitrogens with zero attached hydrogens (tertiary/aromatic N) is 2. The third-order valence-corrected chi connectivity index (χ3v) is 3.88. The zero-order valence-electron chi connectivity index (χ0n) is 12.9. The van der Waals surface area contributed by atoms with Gasteiger partial charge in [-0.1, -0.05) is 12.2 Å². The molecular formula is C17H22N2O2. The van der Waals surface area contributed by atoms with Crippen molar-refractivity contribution in [3.63, 3.8) is 0 Å². The smallest absolute Gasteiger partial charge is 0.163 e. The van der Waals surface area contributed by atoms with Crippen LogP contribution in [0.2, 0.25) is 0 Å². The predicted molar refractivity (Wildman–Crippen MR) is 84.9 cm³/mol. The Balaban J connectivity index is 1.97. The number of aliphatic imine (C=N–C) groups is 1. The number of methoxy groups -OCH3 is 1. The van der Waals surface area contributed by atoms with Gasteiger partial charge in [-0.3, -0.25) is 9.89 Å². The second-order valence-electron chi connectivity index (χ2n) is 6.00. The summed E-state index contributed by atoms with van der Waals surface area (Å²) in [4.78, 5) is 7.07. The molecule has 1 aromatic rings. The number of hydrogen-bond acceptors (Lipinski definition) is 4. The molecule has 0 bridgehead atoms. The SMILES string of the molecule is C=C1CC2C=Nc3cc(OC(C)C)c(OC)cc3CN2C1. The Morgan fingerprint density at radius 3 is 2.81 bits per heavy atom. The monoisotopic (exact) mass is 286 g/mol. The molecule has 1 unspecified atom stereocenters. The van der Waals surface area contributed by atoms with Crippen LogP contribution in [-0.2, 0) is 6.54 Å². The van der Waals surface area contributed by atoms with Gasteiger partial charge in [0.1, 0.15) is 0 Å². The van der Waals surface area contributed by atoms with Crippen molar-refractivity contribution in [1.29, 1.82) is 0 Å². The largest absolute Gasteiger partial charge is 0.493 e. The lowest BCUT2D eigenvalue weighted by Gasteiger charge is -2.20. The summed E-state index contributed by atoms with van der Waals surface area (Å²) in [6, 6.07) is 4.40. The van der Waals surface area contributed by atoms with Gasteiger partial charge >= 0.3 is 0 Å². The summed E-state index contributed by atoms with van der Waals surface area (Å²) in [6.07, 6.45) is 3.15. The van der Waals surface area contributed by atoms with E-state index in [1.165, 1.54) is 11.1 Å². The number of benzene rings is 1. The van der Waals surface area contributed by atoms with Crippen LogP contribution in [0.3, 0.4) is 0 Å². The lowest BCUT2D eigenvalue weighted by Crippen LogP contribution is -2.28. The Kier molecular flexibility index (Phi) is 3.72. The first kappa shape index (κ1) is 14.1. The van der Waals surface area contributed by atoms with E-state index in [-0.39, 0.29) is 6.10 Å². The third-order valence-electron chi connectivity index (χ3n) is 3.88. The topological polar surface area (TPSA) is 34.1 Å². The molecular weight excluding hydrogens is 264 g/mol. The lowest BCUT2D eigenvalue weighted by molar-refractivity contribution is 0.230. The van der Waals surface area contributed by atoms with Gasteiger partial charge in [0.25, 0.3) is 0 Å². The molecule has 0 radical (unpaired) electrons. The van der Waals surface area contributed by atoms with E-state index in [0.717, 1.165) is 36.7 Å². The summed E-state index contributed by atoms with van der Waals surface area (Å²) in [7, 11) is 1.68. The van der Waals surface area contributed by atoms with E-state index in [0.29, 0.717) is 6.04 Å². The van der Waals surface area contributed by atoms with Gasteiger partial charge < -0.3 is 9.47 Å². The summed E-state index contributed by atoms with van der Waals surface area (Å²) in [5, 5.41) is 0. The van der Waals surface area contributed by atoms with Crippen LogP contribution in [0.4, 0.5) is 5.69 Å². The number of rotatable bonds is 3. The van der Waals surface area contributed by atoms with Crippen LogP contribution >= 0.6 is 0 Å². The molecule has 2 aliphatic rings. The summed E-state index contributed by atoms with van der Waals surface area (Å²) in [5.74, 6) is 1.53. The van der Waals surface area contributed by atoms with E-state index >= 15 is 0 Å². The van der Waals surface area contributed by atoms with Gasteiger partial charge in [-0.2, -0.15) is 0 Å².